The lowest BCUT2D eigenvalue weighted by Crippen LogP contribution is -2.36. The minimum atomic E-state index is -0.806. The van der Waals surface area contributed by atoms with E-state index in [2.05, 4.69) is 4.98 Å². The van der Waals surface area contributed by atoms with Crippen LogP contribution in [0.1, 0.15) is 15.9 Å². The summed E-state index contributed by atoms with van der Waals surface area (Å²) in [6.45, 7) is 1.85. The average Bonchev–Trinajstić information content (AvgIpc) is 3.39. The maximum absolute atomic E-state index is 13.8. The molecule has 0 fully saturated rings. The molecule has 0 saturated carbocycles. The van der Waals surface area contributed by atoms with Crippen LogP contribution in [-0.4, -0.2) is 64.5 Å². The Morgan fingerprint density at radius 3 is 2.45 bits per heavy atom. The van der Waals surface area contributed by atoms with Crippen molar-refractivity contribution in [1.82, 2.24) is 19.4 Å². The molecule has 4 heterocycles. The summed E-state index contributed by atoms with van der Waals surface area (Å²) in [5.74, 6) is -1.31. The first kappa shape index (κ1) is 18.9. The number of methoxy groups -OCH3 is 1. The first-order valence-corrected chi connectivity index (χ1v) is 9.22. The Hall–Kier alpha value is -3.42. The summed E-state index contributed by atoms with van der Waals surface area (Å²) in [5.41, 5.74) is 3.25. The van der Waals surface area contributed by atoms with Gasteiger partial charge >= 0.3 is 0 Å². The topological polar surface area (TPSA) is 67.7 Å². The zero-order valence-electron chi connectivity index (χ0n) is 16.3. The zero-order valence-corrected chi connectivity index (χ0v) is 16.3. The quantitative estimate of drug-likeness (QED) is 0.450. The summed E-state index contributed by atoms with van der Waals surface area (Å²) < 4.78 is 20.7. The maximum Gasteiger partial charge on any atom is 0.258 e. The van der Waals surface area contributed by atoms with Gasteiger partial charge in [-0.1, -0.05) is 0 Å². The van der Waals surface area contributed by atoms with Gasteiger partial charge in [-0.3, -0.25) is 9.59 Å². The van der Waals surface area contributed by atoms with Crippen molar-refractivity contribution in [3.63, 3.8) is 0 Å². The molecule has 2 aliphatic rings. The van der Waals surface area contributed by atoms with Crippen molar-refractivity contribution in [3.05, 3.63) is 65.0 Å². The van der Waals surface area contributed by atoms with Crippen molar-refractivity contribution < 1.29 is 18.7 Å². The van der Waals surface area contributed by atoms with E-state index in [9.17, 15) is 14.0 Å². The van der Waals surface area contributed by atoms with Crippen LogP contribution < -0.4 is 4.74 Å². The molecule has 0 saturated heterocycles. The summed E-state index contributed by atoms with van der Waals surface area (Å²) in [6.07, 6.45) is 8.48. The molecule has 0 bridgehead atoms. The number of hydrogen-bond acceptors (Lipinski definition) is 4. The molecule has 0 aromatic carbocycles. The SMILES string of the molecule is COc1c(C(=O)N2CC3=C(CN(C(=O)/C=C/c4ccn(C)c4)C3)C2)ccnc1F. The molecule has 4 rings (SSSR count). The minimum absolute atomic E-state index is 0.0565. The van der Waals surface area contributed by atoms with Crippen molar-refractivity contribution in [2.24, 2.45) is 7.05 Å². The average molecular weight is 396 g/mol. The van der Waals surface area contributed by atoms with Gasteiger partial charge in [-0.2, -0.15) is 4.39 Å². The van der Waals surface area contributed by atoms with Crippen molar-refractivity contribution >= 4 is 17.9 Å². The van der Waals surface area contributed by atoms with E-state index < -0.39 is 5.95 Å². The molecule has 0 atom stereocenters. The molecular formula is C21H21FN4O3. The molecule has 8 heteroatoms. The highest BCUT2D eigenvalue weighted by atomic mass is 19.1. The van der Waals surface area contributed by atoms with Gasteiger partial charge in [0.15, 0.2) is 5.75 Å². The highest BCUT2D eigenvalue weighted by Gasteiger charge is 2.34. The molecule has 2 aromatic rings. The fraction of sp³-hybridized carbons (Fsp3) is 0.286. The van der Waals surface area contributed by atoms with Crippen molar-refractivity contribution in [3.8, 4) is 5.75 Å². The third-order valence-corrected chi connectivity index (χ3v) is 5.19. The van der Waals surface area contributed by atoms with Crippen LogP contribution in [0.15, 0.2) is 47.9 Å². The summed E-state index contributed by atoms with van der Waals surface area (Å²) in [7, 11) is 3.24. The summed E-state index contributed by atoms with van der Waals surface area (Å²) in [6, 6.07) is 3.39. The Labute approximate surface area is 167 Å². The molecule has 2 aliphatic heterocycles. The number of rotatable bonds is 4. The predicted octanol–water partition coefficient (Wildman–Crippen LogP) is 1.88. The molecule has 0 aliphatic carbocycles. The van der Waals surface area contributed by atoms with Crippen LogP contribution in [0.5, 0.6) is 5.75 Å². The standard InChI is InChI=1S/C21H21FN4O3/c1-24-8-6-14(9-24)3-4-18(27)25-10-15-12-26(13-16(15)11-25)21(28)17-5-7-23-20(22)19(17)29-2/h3-9H,10-13H2,1-2H3/b4-3+. The first-order valence-electron chi connectivity index (χ1n) is 9.22. The van der Waals surface area contributed by atoms with Crippen LogP contribution in [-0.2, 0) is 11.8 Å². The van der Waals surface area contributed by atoms with Crippen molar-refractivity contribution in [2.45, 2.75) is 0 Å². The van der Waals surface area contributed by atoms with E-state index in [0.717, 1.165) is 16.7 Å². The van der Waals surface area contributed by atoms with Gasteiger partial charge in [-0.25, -0.2) is 4.98 Å². The Morgan fingerprint density at radius 1 is 1.14 bits per heavy atom. The molecule has 0 spiro atoms. The molecule has 2 aromatic heterocycles. The van der Waals surface area contributed by atoms with Crippen molar-refractivity contribution in [2.75, 3.05) is 33.3 Å². The number of ether oxygens (including phenoxy) is 1. The van der Waals surface area contributed by atoms with E-state index in [1.807, 2.05) is 30.1 Å². The third-order valence-electron chi connectivity index (χ3n) is 5.19. The number of hydrogen-bond donors (Lipinski definition) is 0. The highest BCUT2D eigenvalue weighted by Crippen LogP contribution is 2.29. The van der Waals surface area contributed by atoms with E-state index >= 15 is 0 Å². The molecule has 150 valence electrons. The van der Waals surface area contributed by atoms with Gasteiger partial charge in [-0.15, -0.1) is 0 Å². The van der Waals surface area contributed by atoms with E-state index in [4.69, 9.17) is 4.74 Å². The number of pyridine rings is 1. The summed E-state index contributed by atoms with van der Waals surface area (Å²) >= 11 is 0. The molecule has 0 N–H and O–H groups in total. The second-order valence-electron chi connectivity index (χ2n) is 7.19. The third kappa shape index (κ3) is 3.65. The van der Waals surface area contributed by atoms with Gasteiger partial charge in [0.05, 0.1) is 12.7 Å². The number of amides is 2. The van der Waals surface area contributed by atoms with E-state index in [0.29, 0.717) is 26.2 Å². The number of halogens is 1. The smallest absolute Gasteiger partial charge is 0.258 e. The predicted molar refractivity (Wildman–Crippen MR) is 105 cm³/mol. The van der Waals surface area contributed by atoms with Gasteiger partial charge in [-0.05, 0) is 34.9 Å². The van der Waals surface area contributed by atoms with Crippen LogP contribution in [0.4, 0.5) is 4.39 Å². The Kier molecular flexibility index (Phi) is 4.92. The summed E-state index contributed by atoms with van der Waals surface area (Å²) in [4.78, 5) is 32.2. The van der Waals surface area contributed by atoms with Crippen LogP contribution in [0, 0.1) is 5.95 Å². The molecule has 2 amide bonds. The second kappa shape index (κ2) is 7.54. The largest absolute Gasteiger partial charge is 0.491 e. The second-order valence-corrected chi connectivity index (χ2v) is 7.19. The highest BCUT2D eigenvalue weighted by molar-refractivity contribution is 5.98. The fourth-order valence-corrected chi connectivity index (χ4v) is 3.73. The van der Waals surface area contributed by atoms with Crippen LogP contribution in [0.3, 0.4) is 0 Å². The Balaban J connectivity index is 1.38. The van der Waals surface area contributed by atoms with Gasteiger partial charge in [0.25, 0.3) is 11.9 Å². The number of carbonyl (C=O) groups excluding carboxylic acids is 2. The van der Waals surface area contributed by atoms with Gasteiger partial charge in [0.1, 0.15) is 0 Å². The van der Waals surface area contributed by atoms with Crippen molar-refractivity contribution in [1.29, 1.82) is 0 Å². The molecule has 7 nitrogen and oxygen atoms in total. The lowest BCUT2D eigenvalue weighted by molar-refractivity contribution is -0.124. The monoisotopic (exact) mass is 396 g/mol. The van der Waals surface area contributed by atoms with Gasteiger partial charge < -0.3 is 19.1 Å². The van der Waals surface area contributed by atoms with Crippen LogP contribution >= 0.6 is 0 Å². The van der Waals surface area contributed by atoms with E-state index in [-0.39, 0.29) is 23.1 Å². The number of aromatic nitrogens is 2. The lowest BCUT2D eigenvalue weighted by atomic mass is 10.2. The lowest BCUT2D eigenvalue weighted by Gasteiger charge is -2.23. The van der Waals surface area contributed by atoms with E-state index in [1.54, 1.807) is 22.0 Å². The zero-order chi connectivity index (χ0) is 20.5. The number of nitrogens with zero attached hydrogens (tertiary/aromatic N) is 4. The normalized spacial score (nSPS) is 16.1. The molecule has 0 unspecified atom stereocenters. The summed E-state index contributed by atoms with van der Waals surface area (Å²) in [5, 5.41) is 0. The minimum Gasteiger partial charge on any atom is -0.491 e. The van der Waals surface area contributed by atoms with Gasteiger partial charge in [0, 0.05) is 57.9 Å². The Morgan fingerprint density at radius 2 is 1.83 bits per heavy atom. The van der Waals surface area contributed by atoms with Gasteiger partial charge in [0.2, 0.25) is 5.91 Å². The van der Waals surface area contributed by atoms with E-state index in [1.165, 1.54) is 19.4 Å². The van der Waals surface area contributed by atoms with Crippen LogP contribution in [0.25, 0.3) is 6.08 Å². The number of aryl methyl sites for hydroxylation is 1. The number of carbonyl (C=O) groups is 2. The molecular weight excluding hydrogens is 375 g/mol. The fourth-order valence-electron chi connectivity index (χ4n) is 3.73. The Bertz CT molecular complexity index is 1020. The molecule has 29 heavy (non-hydrogen) atoms. The maximum atomic E-state index is 13.8. The van der Waals surface area contributed by atoms with Crippen LogP contribution in [0.2, 0.25) is 0 Å². The molecule has 0 radical (unpaired) electrons. The first-order chi connectivity index (χ1) is 14.0.